The summed E-state index contributed by atoms with van der Waals surface area (Å²) in [6.07, 6.45) is 0. The summed E-state index contributed by atoms with van der Waals surface area (Å²) in [4.78, 5) is 4.88. The van der Waals surface area contributed by atoms with Gasteiger partial charge in [-0.25, -0.2) is 17.8 Å². The van der Waals surface area contributed by atoms with Crippen molar-refractivity contribution in [2.75, 3.05) is 12.8 Å². The Labute approximate surface area is 134 Å². The summed E-state index contributed by atoms with van der Waals surface area (Å²) >= 11 is 4.45. The minimum atomic E-state index is -3.78. The second kappa shape index (κ2) is 5.99. The van der Waals surface area contributed by atoms with E-state index in [1.807, 2.05) is 6.92 Å². The maximum atomic E-state index is 13.3. The molecule has 0 bridgehead atoms. The van der Waals surface area contributed by atoms with Gasteiger partial charge in [-0.15, -0.1) is 11.3 Å². The molecular formula is C12H13BrFN3O2S2. The third-order valence-electron chi connectivity index (χ3n) is 2.95. The average molecular weight is 394 g/mol. The van der Waals surface area contributed by atoms with Crippen LogP contribution >= 0.6 is 27.3 Å². The lowest BCUT2D eigenvalue weighted by Crippen LogP contribution is -2.27. The van der Waals surface area contributed by atoms with E-state index in [-0.39, 0.29) is 21.6 Å². The Kier molecular flexibility index (Phi) is 4.66. The van der Waals surface area contributed by atoms with Crippen LogP contribution in [0.4, 0.5) is 10.1 Å². The molecule has 0 radical (unpaired) electrons. The Morgan fingerprint density at radius 2 is 2.14 bits per heavy atom. The summed E-state index contributed by atoms with van der Waals surface area (Å²) in [6, 6.07) is 2.17. The van der Waals surface area contributed by atoms with Crippen molar-refractivity contribution in [3.8, 4) is 0 Å². The zero-order chi connectivity index (χ0) is 15.8. The summed E-state index contributed by atoms with van der Waals surface area (Å²) in [5, 5.41) is 0. The quantitative estimate of drug-likeness (QED) is 0.810. The minimum Gasteiger partial charge on any atom is -0.396 e. The van der Waals surface area contributed by atoms with Gasteiger partial charge in [0, 0.05) is 22.9 Å². The monoisotopic (exact) mass is 393 g/mol. The largest absolute Gasteiger partial charge is 0.396 e. The molecule has 9 heteroatoms. The van der Waals surface area contributed by atoms with Crippen LogP contribution in [0, 0.1) is 12.7 Å². The van der Waals surface area contributed by atoms with E-state index in [4.69, 9.17) is 5.73 Å². The second-order valence-electron chi connectivity index (χ2n) is 4.43. The van der Waals surface area contributed by atoms with E-state index in [9.17, 15) is 12.8 Å². The number of nitrogens with two attached hydrogens (primary N) is 1. The van der Waals surface area contributed by atoms with Gasteiger partial charge < -0.3 is 5.73 Å². The third-order valence-corrected chi connectivity index (χ3v) is 6.63. The van der Waals surface area contributed by atoms with Crippen LogP contribution in [0.25, 0.3) is 0 Å². The molecule has 2 N–H and O–H groups in total. The molecule has 0 saturated heterocycles. The number of aryl methyl sites for hydroxylation is 1. The molecule has 0 aliphatic rings. The number of rotatable bonds is 4. The van der Waals surface area contributed by atoms with Crippen molar-refractivity contribution in [3.63, 3.8) is 0 Å². The fourth-order valence-corrected chi connectivity index (χ4v) is 4.73. The number of halogens is 2. The van der Waals surface area contributed by atoms with Crippen molar-refractivity contribution in [2.45, 2.75) is 18.4 Å². The number of hydrogen-bond donors (Lipinski definition) is 1. The van der Waals surface area contributed by atoms with Crippen molar-refractivity contribution in [1.82, 2.24) is 9.29 Å². The number of hydrogen-bond acceptors (Lipinski definition) is 5. The van der Waals surface area contributed by atoms with Gasteiger partial charge in [-0.2, -0.15) is 4.31 Å². The number of thiazole rings is 1. The summed E-state index contributed by atoms with van der Waals surface area (Å²) in [5.41, 5.74) is 7.71. The van der Waals surface area contributed by atoms with E-state index in [0.29, 0.717) is 0 Å². The standard InChI is InChI=1S/C12H13BrFN3O2S2/c1-7-11(20-6-16-7)5-17(2)21(18,19)12-4-10(15)9(14)3-8(12)13/h3-4,6H,5,15H2,1-2H3. The molecule has 1 heterocycles. The maximum absolute atomic E-state index is 13.3. The summed E-state index contributed by atoms with van der Waals surface area (Å²) < 4.78 is 39.8. The van der Waals surface area contributed by atoms with Crippen LogP contribution in [0.3, 0.4) is 0 Å². The summed E-state index contributed by atoms with van der Waals surface area (Å²) in [6.45, 7) is 2.01. The molecule has 2 rings (SSSR count). The predicted molar refractivity (Wildman–Crippen MR) is 84.0 cm³/mol. The SMILES string of the molecule is Cc1ncsc1CN(C)S(=O)(=O)c1cc(N)c(F)cc1Br. The molecule has 0 amide bonds. The molecule has 0 atom stereocenters. The lowest BCUT2D eigenvalue weighted by Gasteiger charge is -2.18. The van der Waals surface area contributed by atoms with Gasteiger partial charge in [0.15, 0.2) is 0 Å². The Hall–Kier alpha value is -1.03. The first-order chi connectivity index (χ1) is 9.73. The lowest BCUT2D eigenvalue weighted by molar-refractivity contribution is 0.468. The Morgan fingerprint density at radius 3 is 2.71 bits per heavy atom. The van der Waals surface area contributed by atoms with Gasteiger partial charge >= 0.3 is 0 Å². The van der Waals surface area contributed by atoms with Crippen LogP contribution < -0.4 is 5.73 Å². The number of anilines is 1. The number of nitrogens with zero attached hydrogens (tertiary/aromatic N) is 2. The molecular weight excluding hydrogens is 381 g/mol. The number of nitrogen functional groups attached to an aromatic ring is 1. The first-order valence-electron chi connectivity index (χ1n) is 5.83. The number of aromatic nitrogens is 1. The van der Waals surface area contributed by atoms with E-state index >= 15 is 0 Å². The molecule has 0 spiro atoms. The molecule has 1 aromatic carbocycles. The highest BCUT2D eigenvalue weighted by atomic mass is 79.9. The van der Waals surface area contributed by atoms with Gasteiger partial charge in [0.05, 0.1) is 21.8 Å². The van der Waals surface area contributed by atoms with Crippen LogP contribution in [0.5, 0.6) is 0 Å². The van der Waals surface area contributed by atoms with Crippen LogP contribution in [0.2, 0.25) is 0 Å². The maximum Gasteiger partial charge on any atom is 0.244 e. The topological polar surface area (TPSA) is 76.3 Å². The highest BCUT2D eigenvalue weighted by Crippen LogP contribution is 2.29. The molecule has 0 aliphatic carbocycles. The van der Waals surface area contributed by atoms with Crippen molar-refractivity contribution < 1.29 is 12.8 Å². The Bertz CT molecular complexity index is 777. The van der Waals surface area contributed by atoms with Gasteiger partial charge in [0.25, 0.3) is 0 Å². The molecule has 21 heavy (non-hydrogen) atoms. The molecule has 0 unspecified atom stereocenters. The van der Waals surface area contributed by atoms with Crippen molar-refractivity contribution in [1.29, 1.82) is 0 Å². The van der Waals surface area contributed by atoms with Crippen molar-refractivity contribution in [2.24, 2.45) is 0 Å². The fraction of sp³-hybridized carbons (Fsp3) is 0.250. The molecule has 2 aromatic rings. The molecule has 0 fully saturated rings. The first kappa shape index (κ1) is 16.3. The van der Waals surface area contributed by atoms with E-state index in [1.165, 1.54) is 22.7 Å². The van der Waals surface area contributed by atoms with E-state index in [1.54, 1.807) is 5.51 Å². The smallest absolute Gasteiger partial charge is 0.244 e. The van der Waals surface area contributed by atoms with E-state index in [0.717, 1.165) is 22.7 Å². The van der Waals surface area contributed by atoms with Gasteiger partial charge in [0.1, 0.15) is 5.82 Å². The summed E-state index contributed by atoms with van der Waals surface area (Å²) in [5.74, 6) is -0.665. The molecule has 1 aromatic heterocycles. The Morgan fingerprint density at radius 1 is 1.48 bits per heavy atom. The van der Waals surface area contributed by atoms with Gasteiger partial charge in [0.2, 0.25) is 10.0 Å². The number of benzene rings is 1. The molecule has 114 valence electrons. The molecule has 0 aliphatic heterocycles. The third kappa shape index (κ3) is 3.25. The second-order valence-corrected chi connectivity index (χ2v) is 8.23. The highest BCUT2D eigenvalue weighted by molar-refractivity contribution is 9.10. The van der Waals surface area contributed by atoms with Crippen LogP contribution in [-0.4, -0.2) is 24.8 Å². The molecule has 5 nitrogen and oxygen atoms in total. The van der Waals surface area contributed by atoms with Gasteiger partial charge in [-0.1, -0.05) is 0 Å². The Balaban J connectivity index is 2.38. The van der Waals surface area contributed by atoms with Gasteiger partial charge in [-0.05, 0) is 35.0 Å². The fourth-order valence-electron chi connectivity index (χ4n) is 1.68. The normalized spacial score (nSPS) is 12.0. The summed E-state index contributed by atoms with van der Waals surface area (Å²) in [7, 11) is -2.32. The predicted octanol–water partition coefficient (Wildman–Crippen LogP) is 2.76. The van der Waals surface area contributed by atoms with Crippen molar-refractivity contribution in [3.05, 3.63) is 38.5 Å². The highest BCUT2D eigenvalue weighted by Gasteiger charge is 2.25. The van der Waals surface area contributed by atoms with Gasteiger partial charge in [-0.3, -0.25) is 0 Å². The molecule has 0 saturated carbocycles. The van der Waals surface area contributed by atoms with Crippen molar-refractivity contribution >= 4 is 43.0 Å². The lowest BCUT2D eigenvalue weighted by atomic mass is 10.3. The van der Waals surface area contributed by atoms with Crippen LogP contribution in [0.15, 0.2) is 27.0 Å². The zero-order valence-corrected chi connectivity index (χ0v) is 14.5. The zero-order valence-electron chi connectivity index (χ0n) is 11.3. The minimum absolute atomic E-state index is 0.0638. The van der Waals surface area contributed by atoms with Crippen LogP contribution in [0.1, 0.15) is 10.6 Å². The van der Waals surface area contributed by atoms with E-state index < -0.39 is 15.8 Å². The van der Waals surface area contributed by atoms with Crippen LogP contribution in [-0.2, 0) is 16.6 Å². The average Bonchev–Trinajstić information content (AvgIpc) is 2.79. The number of sulfonamides is 1. The van der Waals surface area contributed by atoms with E-state index in [2.05, 4.69) is 20.9 Å². The first-order valence-corrected chi connectivity index (χ1v) is 8.94.